The molecule has 0 unspecified atom stereocenters. The lowest BCUT2D eigenvalue weighted by molar-refractivity contribution is -0.122. The normalized spacial score (nSPS) is 11.3. The Hall–Kier alpha value is -0.350. The molecule has 0 spiro atoms. The van der Waals surface area contributed by atoms with E-state index in [2.05, 4.69) is 37.2 Å². The number of rotatable bonds is 5. The van der Waals surface area contributed by atoms with Crippen molar-refractivity contribution in [3.63, 3.8) is 0 Å². The number of halogens is 2. The molecule has 2 nitrogen and oxygen atoms in total. The second kappa shape index (κ2) is 6.55. The first-order valence-corrected chi connectivity index (χ1v) is 7.46. The number of benzene rings is 1. The molecule has 1 aromatic carbocycles. The molecule has 0 aromatic heterocycles. The third-order valence-electron chi connectivity index (χ3n) is 2.45. The topological polar surface area (TPSA) is 29.1 Å². The lowest BCUT2D eigenvalue weighted by Gasteiger charge is -2.25. The van der Waals surface area contributed by atoms with E-state index in [0.717, 1.165) is 21.8 Å². The van der Waals surface area contributed by atoms with Gasteiger partial charge in [0.25, 0.3) is 0 Å². The van der Waals surface area contributed by atoms with Crippen LogP contribution in [-0.2, 0) is 11.2 Å². The molecule has 0 saturated carbocycles. The minimum absolute atomic E-state index is 0.0639. The van der Waals surface area contributed by atoms with Crippen LogP contribution in [0.4, 0.5) is 0 Å². The van der Waals surface area contributed by atoms with Crippen molar-refractivity contribution >= 4 is 37.8 Å². The van der Waals surface area contributed by atoms with Crippen LogP contribution in [0.15, 0.2) is 28.7 Å². The van der Waals surface area contributed by atoms with E-state index >= 15 is 0 Å². The highest BCUT2D eigenvalue weighted by atomic mass is 79.9. The van der Waals surface area contributed by atoms with E-state index in [9.17, 15) is 4.79 Å². The average Bonchev–Trinajstić information content (AvgIpc) is 2.15. The molecule has 4 heteroatoms. The molecule has 0 saturated heterocycles. The van der Waals surface area contributed by atoms with Crippen LogP contribution in [0.1, 0.15) is 25.8 Å². The van der Waals surface area contributed by atoms with Crippen molar-refractivity contribution in [1.82, 2.24) is 5.32 Å². The average molecular weight is 363 g/mol. The Morgan fingerprint density at radius 3 is 2.71 bits per heavy atom. The molecule has 0 heterocycles. The predicted octanol–water partition coefficient (Wildman–Crippen LogP) is 3.67. The number of hydrogen-bond acceptors (Lipinski definition) is 1. The second-order valence-electron chi connectivity index (χ2n) is 4.68. The Balaban J connectivity index is 2.55. The van der Waals surface area contributed by atoms with Gasteiger partial charge in [0, 0.05) is 15.3 Å². The Morgan fingerprint density at radius 1 is 1.41 bits per heavy atom. The van der Waals surface area contributed by atoms with Gasteiger partial charge in [-0.2, -0.15) is 0 Å². The zero-order valence-corrected chi connectivity index (χ0v) is 13.3. The number of hydrogen-bond donors (Lipinski definition) is 1. The van der Waals surface area contributed by atoms with Crippen LogP contribution in [0.25, 0.3) is 0 Å². The monoisotopic (exact) mass is 361 g/mol. The third kappa shape index (κ3) is 5.68. The Labute approximate surface area is 119 Å². The zero-order chi connectivity index (χ0) is 12.9. The van der Waals surface area contributed by atoms with E-state index in [4.69, 9.17) is 0 Å². The Bertz CT molecular complexity index is 391. The van der Waals surface area contributed by atoms with Crippen LogP contribution in [0.2, 0.25) is 0 Å². The minimum Gasteiger partial charge on any atom is -0.351 e. The van der Waals surface area contributed by atoms with Gasteiger partial charge in [-0.3, -0.25) is 4.79 Å². The standard InChI is InChI=1S/C13H17Br2NO/c1-13(2,6-7-14)16-12(17)9-10-4-3-5-11(15)8-10/h3-5,8H,6-7,9H2,1-2H3,(H,16,17). The van der Waals surface area contributed by atoms with Crippen molar-refractivity contribution in [3.05, 3.63) is 34.3 Å². The maximum Gasteiger partial charge on any atom is 0.224 e. The van der Waals surface area contributed by atoms with Gasteiger partial charge in [-0.15, -0.1) is 0 Å². The summed E-state index contributed by atoms with van der Waals surface area (Å²) in [6.45, 7) is 4.07. The minimum atomic E-state index is -0.160. The summed E-state index contributed by atoms with van der Waals surface area (Å²) in [6.07, 6.45) is 1.34. The number of carbonyl (C=O) groups excluding carboxylic acids is 1. The van der Waals surface area contributed by atoms with E-state index in [0.29, 0.717) is 6.42 Å². The molecule has 0 fully saturated rings. The van der Waals surface area contributed by atoms with Gasteiger partial charge in [0.05, 0.1) is 6.42 Å². The number of amides is 1. The fourth-order valence-electron chi connectivity index (χ4n) is 1.55. The molecular weight excluding hydrogens is 346 g/mol. The molecule has 0 bridgehead atoms. The first-order valence-electron chi connectivity index (χ1n) is 5.54. The summed E-state index contributed by atoms with van der Waals surface area (Å²) in [5.41, 5.74) is 0.860. The fraction of sp³-hybridized carbons (Fsp3) is 0.462. The first kappa shape index (κ1) is 14.7. The van der Waals surface area contributed by atoms with E-state index in [1.165, 1.54) is 0 Å². The highest BCUT2D eigenvalue weighted by molar-refractivity contribution is 9.10. The van der Waals surface area contributed by atoms with Gasteiger partial charge in [-0.1, -0.05) is 44.0 Å². The fourth-order valence-corrected chi connectivity index (χ4v) is 2.99. The number of alkyl halides is 1. The van der Waals surface area contributed by atoms with Gasteiger partial charge < -0.3 is 5.32 Å². The molecule has 0 aliphatic rings. The summed E-state index contributed by atoms with van der Waals surface area (Å²) in [7, 11) is 0. The van der Waals surface area contributed by atoms with Gasteiger partial charge in [-0.25, -0.2) is 0 Å². The predicted molar refractivity (Wildman–Crippen MR) is 78.5 cm³/mol. The molecule has 17 heavy (non-hydrogen) atoms. The molecule has 0 aliphatic carbocycles. The van der Waals surface area contributed by atoms with E-state index in [1.807, 2.05) is 38.1 Å². The van der Waals surface area contributed by atoms with E-state index < -0.39 is 0 Å². The highest BCUT2D eigenvalue weighted by Crippen LogP contribution is 2.14. The molecule has 0 radical (unpaired) electrons. The molecule has 1 N–H and O–H groups in total. The van der Waals surface area contributed by atoms with Crippen LogP contribution >= 0.6 is 31.9 Å². The quantitative estimate of drug-likeness (QED) is 0.795. The van der Waals surface area contributed by atoms with E-state index in [1.54, 1.807) is 0 Å². The lowest BCUT2D eigenvalue weighted by Crippen LogP contribution is -2.44. The zero-order valence-electron chi connectivity index (χ0n) is 10.1. The van der Waals surface area contributed by atoms with Crippen molar-refractivity contribution in [2.75, 3.05) is 5.33 Å². The van der Waals surface area contributed by atoms with Crippen molar-refractivity contribution in [3.8, 4) is 0 Å². The molecule has 0 aliphatic heterocycles. The summed E-state index contributed by atoms with van der Waals surface area (Å²) in [5, 5.41) is 3.93. The van der Waals surface area contributed by atoms with Crippen LogP contribution in [0.3, 0.4) is 0 Å². The highest BCUT2D eigenvalue weighted by Gasteiger charge is 2.19. The van der Waals surface area contributed by atoms with Gasteiger partial charge in [0.15, 0.2) is 0 Å². The van der Waals surface area contributed by atoms with Crippen molar-refractivity contribution < 1.29 is 4.79 Å². The van der Waals surface area contributed by atoms with Crippen LogP contribution in [0, 0.1) is 0 Å². The summed E-state index contributed by atoms with van der Waals surface area (Å²) in [6, 6.07) is 7.82. The molecule has 1 rings (SSSR count). The van der Waals surface area contributed by atoms with Crippen molar-refractivity contribution in [2.24, 2.45) is 0 Å². The Kier molecular flexibility index (Phi) is 5.67. The third-order valence-corrected chi connectivity index (χ3v) is 3.34. The van der Waals surface area contributed by atoms with Gasteiger partial charge in [-0.05, 0) is 38.0 Å². The molecular formula is C13H17Br2NO. The Morgan fingerprint density at radius 2 is 2.12 bits per heavy atom. The largest absolute Gasteiger partial charge is 0.351 e. The molecule has 1 aromatic rings. The summed E-state index contributed by atoms with van der Waals surface area (Å²) >= 11 is 6.79. The molecule has 1 amide bonds. The summed E-state index contributed by atoms with van der Waals surface area (Å²) in [5.74, 6) is 0.0639. The molecule has 94 valence electrons. The molecule has 0 atom stereocenters. The van der Waals surface area contributed by atoms with Crippen LogP contribution < -0.4 is 5.32 Å². The van der Waals surface area contributed by atoms with Gasteiger partial charge >= 0.3 is 0 Å². The van der Waals surface area contributed by atoms with Crippen LogP contribution in [0.5, 0.6) is 0 Å². The number of carbonyl (C=O) groups is 1. The second-order valence-corrected chi connectivity index (χ2v) is 6.39. The summed E-state index contributed by atoms with van der Waals surface area (Å²) in [4.78, 5) is 11.9. The van der Waals surface area contributed by atoms with E-state index in [-0.39, 0.29) is 11.4 Å². The lowest BCUT2D eigenvalue weighted by atomic mass is 10.0. The van der Waals surface area contributed by atoms with Gasteiger partial charge in [0.2, 0.25) is 5.91 Å². The number of nitrogens with one attached hydrogen (secondary N) is 1. The smallest absolute Gasteiger partial charge is 0.224 e. The summed E-state index contributed by atoms with van der Waals surface area (Å²) < 4.78 is 1.00. The maximum absolute atomic E-state index is 11.9. The van der Waals surface area contributed by atoms with Crippen molar-refractivity contribution in [2.45, 2.75) is 32.2 Å². The maximum atomic E-state index is 11.9. The van der Waals surface area contributed by atoms with Gasteiger partial charge in [0.1, 0.15) is 0 Å². The van der Waals surface area contributed by atoms with Crippen molar-refractivity contribution in [1.29, 1.82) is 0 Å². The van der Waals surface area contributed by atoms with Crippen LogP contribution in [-0.4, -0.2) is 16.8 Å². The first-order chi connectivity index (χ1) is 7.93. The SMILES string of the molecule is CC(C)(CCBr)NC(=O)Cc1cccc(Br)c1.